The summed E-state index contributed by atoms with van der Waals surface area (Å²) in [6.45, 7) is 1.02. The van der Waals surface area contributed by atoms with Crippen LogP contribution in [0.4, 0.5) is 0 Å². The number of nitrogens with zero attached hydrogens (tertiary/aromatic N) is 3. The number of carbonyl (C=O) groups excluding carboxylic acids is 2. The van der Waals surface area contributed by atoms with Crippen molar-refractivity contribution in [3.05, 3.63) is 82.5 Å². The Morgan fingerprint density at radius 3 is 2.69 bits per heavy atom. The highest BCUT2D eigenvalue weighted by molar-refractivity contribution is 5.94. The minimum Gasteiger partial charge on any atom is -0.390 e. The van der Waals surface area contributed by atoms with Crippen molar-refractivity contribution in [1.82, 2.24) is 20.4 Å². The first-order chi connectivity index (χ1) is 17.1. The first-order valence-electron chi connectivity index (χ1n) is 12.3. The van der Waals surface area contributed by atoms with Gasteiger partial charge in [0.25, 0.3) is 11.8 Å². The van der Waals surface area contributed by atoms with E-state index >= 15 is 0 Å². The van der Waals surface area contributed by atoms with Crippen LogP contribution in [0.3, 0.4) is 0 Å². The molecule has 1 saturated heterocycles. The van der Waals surface area contributed by atoms with Gasteiger partial charge in [-0.05, 0) is 55.4 Å². The molecule has 35 heavy (non-hydrogen) atoms. The summed E-state index contributed by atoms with van der Waals surface area (Å²) in [5.41, 5.74) is 3.33. The zero-order valence-corrected chi connectivity index (χ0v) is 19.4. The molecular weight excluding hydrogens is 444 g/mol. The summed E-state index contributed by atoms with van der Waals surface area (Å²) in [4.78, 5) is 32.0. The van der Waals surface area contributed by atoms with Gasteiger partial charge >= 0.3 is 0 Å². The smallest absolute Gasteiger partial charge is 0.276 e. The van der Waals surface area contributed by atoms with Crippen molar-refractivity contribution >= 4 is 11.8 Å². The molecule has 2 atom stereocenters. The van der Waals surface area contributed by atoms with Crippen LogP contribution in [0.25, 0.3) is 0 Å². The van der Waals surface area contributed by atoms with Gasteiger partial charge in [-0.15, -0.1) is 0 Å². The standard InChI is InChI=1S/C27H28N4O4/c32-24-22(29-25(33)17-6-5-13-28-16-17)18-7-1-3-9-20(18)27(24)11-14-31(15-12-27)26(34)23-19-8-2-4-10-21(19)35-30-23/h1,3,5-7,9,13,16,22,24,32H,2,4,8,10-12,14-15H2,(H,29,33)/t22-,24+/m1/s1. The lowest BCUT2D eigenvalue weighted by molar-refractivity contribution is 0.0196. The average molecular weight is 473 g/mol. The number of benzene rings is 1. The first kappa shape index (κ1) is 22.0. The second kappa shape index (κ2) is 8.61. The zero-order chi connectivity index (χ0) is 24.0. The topological polar surface area (TPSA) is 109 Å². The number of fused-ring (bicyclic) bond motifs is 3. The second-order valence-corrected chi connectivity index (χ2v) is 9.81. The largest absolute Gasteiger partial charge is 0.390 e. The number of rotatable bonds is 3. The van der Waals surface area contributed by atoms with Crippen molar-refractivity contribution in [1.29, 1.82) is 0 Å². The predicted molar refractivity (Wildman–Crippen MR) is 127 cm³/mol. The molecule has 2 aliphatic carbocycles. The quantitative estimate of drug-likeness (QED) is 0.607. The monoisotopic (exact) mass is 472 g/mol. The van der Waals surface area contributed by atoms with Crippen LogP contribution in [-0.4, -0.2) is 51.2 Å². The van der Waals surface area contributed by atoms with Crippen molar-refractivity contribution in [2.75, 3.05) is 13.1 Å². The Morgan fingerprint density at radius 2 is 1.89 bits per heavy atom. The Balaban J connectivity index is 1.23. The number of aliphatic hydroxyl groups excluding tert-OH is 1. The summed E-state index contributed by atoms with van der Waals surface area (Å²) < 4.78 is 5.46. The first-order valence-corrected chi connectivity index (χ1v) is 12.3. The highest BCUT2D eigenvalue weighted by atomic mass is 16.5. The Hall–Kier alpha value is -3.52. The molecule has 8 heteroatoms. The lowest BCUT2D eigenvalue weighted by Gasteiger charge is -2.42. The van der Waals surface area contributed by atoms with Crippen molar-refractivity contribution in [2.24, 2.45) is 0 Å². The van der Waals surface area contributed by atoms with E-state index in [0.717, 1.165) is 48.1 Å². The molecule has 1 aromatic carbocycles. The third-order valence-electron chi connectivity index (χ3n) is 8.02. The maximum atomic E-state index is 13.3. The predicted octanol–water partition coefficient (Wildman–Crippen LogP) is 2.97. The number of hydrogen-bond donors (Lipinski definition) is 2. The van der Waals surface area contributed by atoms with Crippen LogP contribution in [0.1, 0.15) is 75.0 Å². The zero-order valence-electron chi connectivity index (χ0n) is 19.4. The highest BCUT2D eigenvalue weighted by Crippen LogP contribution is 2.51. The molecule has 1 aliphatic heterocycles. The van der Waals surface area contributed by atoms with E-state index in [2.05, 4.69) is 15.5 Å². The Labute approximate surface area is 203 Å². The summed E-state index contributed by atoms with van der Waals surface area (Å²) in [5, 5.41) is 18.7. The van der Waals surface area contributed by atoms with Crippen molar-refractivity contribution < 1.29 is 19.2 Å². The summed E-state index contributed by atoms with van der Waals surface area (Å²) in [5.74, 6) is 0.492. The van der Waals surface area contributed by atoms with Gasteiger partial charge in [0.2, 0.25) is 0 Å². The molecule has 2 N–H and O–H groups in total. The number of likely N-dealkylation sites (tertiary alicyclic amines) is 1. The van der Waals surface area contributed by atoms with E-state index in [1.54, 1.807) is 18.3 Å². The van der Waals surface area contributed by atoms with Gasteiger partial charge in [-0.2, -0.15) is 0 Å². The van der Waals surface area contributed by atoms with E-state index in [9.17, 15) is 14.7 Å². The van der Waals surface area contributed by atoms with Crippen LogP contribution in [0.5, 0.6) is 0 Å². The average Bonchev–Trinajstić information content (AvgIpc) is 3.44. The van der Waals surface area contributed by atoms with Gasteiger partial charge < -0.3 is 19.8 Å². The van der Waals surface area contributed by atoms with Crippen molar-refractivity contribution in [3.8, 4) is 0 Å². The number of carbonyl (C=O) groups is 2. The fourth-order valence-electron chi connectivity index (χ4n) is 6.12. The third-order valence-corrected chi connectivity index (χ3v) is 8.02. The number of aromatic nitrogens is 2. The molecule has 0 radical (unpaired) electrons. The molecule has 180 valence electrons. The molecule has 1 spiro atoms. The number of amides is 2. The van der Waals surface area contributed by atoms with Gasteiger partial charge in [0.15, 0.2) is 5.69 Å². The number of piperidine rings is 1. The van der Waals surface area contributed by atoms with Gasteiger partial charge in [0.1, 0.15) is 5.76 Å². The van der Waals surface area contributed by atoms with Crippen molar-refractivity contribution in [2.45, 2.75) is 56.1 Å². The number of aliphatic hydroxyl groups is 1. The van der Waals surface area contributed by atoms with Crippen LogP contribution in [0.2, 0.25) is 0 Å². The number of pyridine rings is 1. The molecule has 2 amide bonds. The lowest BCUT2D eigenvalue weighted by Crippen LogP contribution is -2.51. The van der Waals surface area contributed by atoms with Gasteiger partial charge in [-0.25, -0.2) is 0 Å². The van der Waals surface area contributed by atoms with Crippen LogP contribution in [0, 0.1) is 0 Å². The lowest BCUT2D eigenvalue weighted by atomic mass is 9.72. The number of nitrogens with one attached hydrogen (secondary N) is 1. The molecule has 0 bridgehead atoms. The normalized spacial score (nSPS) is 22.5. The van der Waals surface area contributed by atoms with Crippen molar-refractivity contribution in [3.63, 3.8) is 0 Å². The minimum absolute atomic E-state index is 0.0889. The second-order valence-electron chi connectivity index (χ2n) is 9.81. The molecule has 0 saturated carbocycles. The van der Waals surface area contributed by atoms with E-state index in [-0.39, 0.29) is 11.8 Å². The molecule has 1 fully saturated rings. The number of hydrogen-bond acceptors (Lipinski definition) is 6. The van der Waals surface area contributed by atoms with E-state index in [1.807, 2.05) is 29.2 Å². The Bertz CT molecular complexity index is 1260. The van der Waals surface area contributed by atoms with E-state index in [0.29, 0.717) is 37.2 Å². The maximum Gasteiger partial charge on any atom is 0.276 e. The summed E-state index contributed by atoms with van der Waals surface area (Å²) in [6.07, 6.45) is 7.35. The molecule has 3 heterocycles. The highest BCUT2D eigenvalue weighted by Gasteiger charge is 2.53. The minimum atomic E-state index is -0.794. The van der Waals surface area contributed by atoms with Crippen LogP contribution >= 0.6 is 0 Å². The summed E-state index contributed by atoms with van der Waals surface area (Å²) in [6, 6.07) is 10.8. The fraction of sp³-hybridized carbons (Fsp3) is 0.407. The Morgan fingerprint density at radius 1 is 1.09 bits per heavy atom. The molecule has 8 nitrogen and oxygen atoms in total. The number of aryl methyl sites for hydroxylation is 1. The molecular formula is C27H28N4O4. The van der Waals surface area contributed by atoms with Gasteiger partial charge in [0.05, 0.1) is 17.7 Å². The molecule has 2 aromatic heterocycles. The van der Waals surface area contributed by atoms with Crippen LogP contribution < -0.4 is 5.32 Å². The van der Waals surface area contributed by atoms with Gasteiger partial charge in [0, 0.05) is 42.9 Å². The van der Waals surface area contributed by atoms with Gasteiger partial charge in [-0.3, -0.25) is 14.6 Å². The summed E-state index contributed by atoms with van der Waals surface area (Å²) in [7, 11) is 0. The molecule has 6 rings (SSSR count). The van der Waals surface area contributed by atoms with E-state index < -0.39 is 17.6 Å². The Kier molecular flexibility index (Phi) is 5.40. The van der Waals surface area contributed by atoms with Gasteiger partial charge in [-0.1, -0.05) is 29.4 Å². The SMILES string of the molecule is O=C(N[C@@H]1c2ccccc2C2(CCN(C(=O)c3noc4c3CCCC4)CC2)[C@H]1O)c1cccnc1. The summed E-state index contributed by atoms with van der Waals surface area (Å²) >= 11 is 0. The fourth-order valence-corrected chi connectivity index (χ4v) is 6.12. The van der Waals surface area contributed by atoms with E-state index in [4.69, 9.17) is 4.52 Å². The van der Waals surface area contributed by atoms with Crippen LogP contribution in [0.15, 0.2) is 53.3 Å². The molecule has 3 aromatic rings. The van der Waals surface area contributed by atoms with E-state index in [1.165, 1.54) is 6.20 Å². The maximum absolute atomic E-state index is 13.3. The molecule has 3 aliphatic rings. The third kappa shape index (κ3) is 3.55. The van der Waals surface area contributed by atoms with Crippen LogP contribution in [-0.2, 0) is 18.3 Å². The molecule has 0 unspecified atom stereocenters.